The van der Waals surface area contributed by atoms with Crippen LogP contribution in [-0.2, 0) is 13.0 Å². The van der Waals surface area contributed by atoms with Crippen molar-refractivity contribution in [3.63, 3.8) is 0 Å². The molecule has 1 aliphatic heterocycles. The summed E-state index contributed by atoms with van der Waals surface area (Å²) in [5.41, 5.74) is 1.23. The maximum absolute atomic E-state index is 10.9. The van der Waals surface area contributed by atoms with Crippen LogP contribution in [0.3, 0.4) is 0 Å². The summed E-state index contributed by atoms with van der Waals surface area (Å²) in [7, 11) is 0. The third-order valence-electron chi connectivity index (χ3n) is 2.10. The highest BCUT2D eigenvalue weighted by atomic mass is 35.5. The highest BCUT2D eigenvalue weighted by Gasteiger charge is 2.23. The van der Waals surface area contributed by atoms with Crippen LogP contribution in [0.1, 0.15) is 20.8 Å². The molecule has 2 heterocycles. The van der Waals surface area contributed by atoms with E-state index in [0.29, 0.717) is 9.90 Å². The van der Waals surface area contributed by atoms with E-state index in [1.165, 1.54) is 11.3 Å². The molecule has 0 radical (unpaired) electrons. The van der Waals surface area contributed by atoms with Crippen LogP contribution in [0.25, 0.3) is 0 Å². The van der Waals surface area contributed by atoms with Gasteiger partial charge in [0.1, 0.15) is 4.34 Å². The zero-order valence-electron chi connectivity index (χ0n) is 6.76. The molecule has 2 rings (SSSR count). The fourth-order valence-corrected chi connectivity index (χ4v) is 3.02. The van der Waals surface area contributed by atoms with Gasteiger partial charge in [0, 0.05) is 11.4 Å². The Morgan fingerprint density at radius 3 is 3.08 bits per heavy atom. The van der Waals surface area contributed by atoms with Crippen molar-refractivity contribution < 1.29 is 9.90 Å². The molecule has 1 aromatic rings. The minimum absolute atomic E-state index is 0.308. The van der Waals surface area contributed by atoms with Crippen LogP contribution in [0.4, 0.5) is 0 Å². The molecular formula is C8H8ClNO2S. The minimum atomic E-state index is -0.913. The number of hydrogen-bond acceptors (Lipinski definition) is 3. The van der Waals surface area contributed by atoms with Gasteiger partial charge in [0.15, 0.2) is 0 Å². The Hall–Kier alpha value is -0.580. The van der Waals surface area contributed by atoms with Crippen LogP contribution in [0, 0.1) is 0 Å². The predicted molar refractivity (Wildman–Crippen MR) is 51.7 cm³/mol. The van der Waals surface area contributed by atoms with Gasteiger partial charge in [0.2, 0.25) is 0 Å². The topological polar surface area (TPSA) is 49.3 Å². The second kappa shape index (κ2) is 3.29. The molecule has 1 aromatic heterocycles. The average Bonchev–Trinajstić information content (AvgIpc) is 2.39. The molecule has 0 amide bonds. The molecule has 13 heavy (non-hydrogen) atoms. The van der Waals surface area contributed by atoms with E-state index in [9.17, 15) is 4.79 Å². The summed E-state index contributed by atoms with van der Waals surface area (Å²) in [4.78, 5) is 11.9. The molecule has 2 N–H and O–H groups in total. The normalized spacial score (nSPS) is 15.5. The van der Waals surface area contributed by atoms with E-state index in [-0.39, 0.29) is 0 Å². The van der Waals surface area contributed by atoms with Crippen LogP contribution in [0.5, 0.6) is 0 Å². The summed E-state index contributed by atoms with van der Waals surface area (Å²) in [5.74, 6) is -0.913. The van der Waals surface area contributed by atoms with E-state index in [1.807, 2.05) is 0 Å². The number of fused-ring (bicyclic) bond motifs is 1. The number of thiophene rings is 1. The number of carboxylic acid groups (broad SMARTS) is 1. The SMILES string of the molecule is O=C(O)c1c(Cl)sc2c1CCNC2. The van der Waals surface area contributed by atoms with Gasteiger partial charge >= 0.3 is 5.97 Å². The fraction of sp³-hybridized carbons (Fsp3) is 0.375. The molecule has 0 saturated heterocycles. The van der Waals surface area contributed by atoms with Crippen molar-refractivity contribution in [1.29, 1.82) is 0 Å². The Labute approximate surface area is 84.3 Å². The highest BCUT2D eigenvalue weighted by Crippen LogP contribution is 2.34. The number of nitrogens with one attached hydrogen (secondary N) is 1. The lowest BCUT2D eigenvalue weighted by Gasteiger charge is -2.12. The molecule has 0 bridgehead atoms. The van der Waals surface area contributed by atoms with E-state index in [0.717, 1.165) is 30.0 Å². The molecule has 0 unspecified atom stereocenters. The van der Waals surface area contributed by atoms with Gasteiger partial charge in [0.25, 0.3) is 0 Å². The van der Waals surface area contributed by atoms with Crippen molar-refractivity contribution in [2.24, 2.45) is 0 Å². The number of halogens is 1. The predicted octanol–water partition coefficient (Wildman–Crippen LogP) is 1.75. The maximum atomic E-state index is 10.9. The number of aromatic carboxylic acids is 1. The molecule has 0 aromatic carbocycles. The lowest BCUT2D eigenvalue weighted by atomic mass is 10.1. The summed E-state index contributed by atoms with van der Waals surface area (Å²) >= 11 is 7.21. The van der Waals surface area contributed by atoms with Crippen LogP contribution in [0.2, 0.25) is 4.34 Å². The van der Waals surface area contributed by atoms with Gasteiger partial charge in [-0.25, -0.2) is 4.79 Å². The average molecular weight is 218 g/mol. The Balaban J connectivity index is 2.54. The largest absolute Gasteiger partial charge is 0.478 e. The van der Waals surface area contributed by atoms with Crippen LogP contribution in [-0.4, -0.2) is 17.6 Å². The lowest BCUT2D eigenvalue weighted by molar-refractivity contribution is 0.0696. The fourth-order valence-electron chi connectivity index (χ4n) is 1.51. The number of carbonyl (C=O) groups is 1. The van der Waals surface area contributed by atoms with Crippen LogP contribution >= 0.6 is 22.9 Å². The van der Waals surface area contributed by atoms with E-state index in [4.69, 9.17) is 16.7 Å². The number of carboxylic acids is 1. The van der Waals surface area contributed by atoms with E-state index in [2.05, 4.69) is 5.32 Å². The standard InChI is InChI=1S/C8H8ClNO2S/c9-7-6(8(11)12)4-1-2-10-3-5(4)13-7/h10H,1-3H2,(H,11,12). The Morgan fingerprint density at radius 2 is 2.38 bits per heavy atom. The van der Waals surface area contributed by atoms with Gasteiger partial charge in [-0.2, -0.15) is 0 Å². The third-order valence-corrected chi connectivity index (χ3v) is 3.54. The van der Waals surface area contributed by atoms with Crippen molar-refractivity contribution in [2.45, 2.75) is 13.0 Å². The molecular weight excluding hydrogens is 210 g/mol. The van der Waals surface area contributed by atoms with Gasteiger partial charge in [-0.15, -0.1) is 11.3 Å². The summed E-state index contributed by atoms with van der Waals surface area (Å²) < 4.78 is 0.404. The van der Waals surface area contributed by atoms with Crippen LogP contribution in [0.15, 0.2) is 0 Å². The smallest absolute Gasteiger partial charge is 0.338 e. The van der Waals surface area contributed by atoms with Gasteiger partial charge in [-0.3, -0.25) is 0 Å². The Bertz CT molecular complexity index is 361. The molecule has 3 nitrogen and oxygen atoms in total. The van der Waals surface area contributed by atoms with Crippen molar-refractivity contribution in [3.8, 4) is 0 Å². The molecule has 70 valence electrons. The van der Waals surface area contributed by atoms with Crippen molar-refractivity contribution in [1.82, 2.24) is 5.32 Å². The third kappa shape index (κ3) is 1.45. The first-order chi connectivity index (χ1) is 6.20. The monoisotopic (exact) mass is 217 g/mol. The highest BCUT2D eigenvalue weighted by molar-refractivity contribution is 7.16. The molecule has 0 atom stereocenters. The zero-order valence-corrected chi connectivity index (χ0v) is 8.34. The molecule has 0 saturated carbocycles. The quantitative estimate of drug-likeness (QED) is 0.754. The first kappa shape index (κ1) is 8.99. The summed E-state index contributed by atoms with van der Waals surface area (Å²) in [5, 5.41) is 12.1. The van der Waals surface area contributed by atoms with E-state index >= 15 is 0 Å². The molecule has 0 fully saturated rings. The molecule has 5 heteroatoms. The summed E-state index contributed by atoms with van der Waals surface area (Å²) in [6, 6.07) is 0. The zero-order chi connectivity index (χ0) is 9.42. The van der Waals surface area contributed by atoms with Crippen molar-refractivity contribution in [3.05, 3.63) is 20.3 Å². The van der Waals surface area contributed by atoms with Gasteiger partial charge in [0.05, 0.1) is 5.56 Å². The Kier molecular flexibility index (Phi) is 2.27. The van der Waals surface area contributed by atoms with E-state index < -0.39 is 5.97 Å². The second-order valence-corrected chi connectivity index (χ2v) is 4.59. The van der Waals surface area contributed by atoms with Gasteiger partial charge in [-0.1, -0.05) is 11.6 Å². The van der Waals surface area contributed by atoms with Gasteiger partial charge < -0.3 is 10.4 Å². The Morgan fingerprint density at radius 1 is 1.62 bits per heavy atom. The minimum Gasteiger partial charge on any atom is -0.478 e. The van der Waals surface area contributed by atoms with Crippen molar-refractivity contribution in [2.75, 3.05) is 6.54 Å². The molecule has 0 aliphatic carbocycles. The maximum Gasteiger partial charge on any atom is 0.338 e. The first-order valence-electron chi connectivity index (χ1n) is 3.94. The second-order valence-electron chi connectivity index (χ2n) is 2.88. The van der Waals surface area contributed by atoms with Crippen molar-refractivity contribution >= 4 is 28.9 Å². The summed E-state index contributed by atoms with van der Waals surface area (Å²) in [6.45, 7) is 1.58. The number of hydrogen-bond donors (Lipinski definition) is 2. The van der Waals surface area contributed by atoms with E-state index in [1.54, 1.807) is 0 Å². The van der Waals surface area contributed by atoms with Crippen LogP contribution < -0.4 is 5.32 Å². The summed E-state index contributed by atoms with van der Waals surface area (Å²) in [6.07, 6.45) is 0.764. The number of rotatable bonds is 1. The molecule has 0 spiro atoms. The van der Waals surface area contributed by atoms with Gasteiger partial charge in [-0.05, 0) is 18.5 Å². The lowest BCUT2D eigenvalue weighted by Crippen LogP contribution is -2.23. The molecule has 1 aliphatic rings. The first-order valence-corrected chi connectivity index (χ1v) is 5.13.